The Kier molecular flexibility index (Phi) is 28.5. The van der Waals surface area contributed by atoms with Gasteiger partial charge in [-0.1, -0.05) is 212 Å². The number of rotatable bonds is 18. The molecule has 17 heteroatoms. The normalized spacial score (nSPS) is 14.4. The van der Waals surface area contributed by atoms with E-state index >= 15 is 17.3 Å². The molecule has 0 N–H and O–H groups in total. The van der Waals surface area contributed by atoms with Crippen molar-refractivity contribution in [3.05, 3.63) is 304 Å². The van der Waals surface area contributed by atoms with Crippen LogP contribution in [0.5, 0.6) is 0 Å². The quantitative estimate of drug-likeness (QED) is 0.0487. The summed E-state index contributed by atoms with van der Waals surface area (Å²) in [6.45, 7) is 62.0. The SMILES string of the molecule is CC#N.CC1=CC(C)=[N+]2C1=C(c1ccc(-c3ccc([B-](C#N)(c4c(C)cc(C)cc4C)c4c(C)cc(C)cc4C)cc3)cc1)c1c(C)cc(C)n1[B-]2(F)F.CC1=CC(C)=[N+]2C1=C(c1ccc(-c3ccc([B-](C#N)(c4c(C)cc(C)cc4C)c4c(C)cc(C)cc4C)cc3)cc1)c1c(C)cc(C)n1[B-]2(F)F.CC[N+](CC)(CC)CC.CC[N+](CC)(CC)CC. The Bertz CT molecular complexity index is 5460. The fourth-order valence-electron chi connectivity index (χ4n) is 22.3. The van der Waals surface area contributed by atoms with Crippen LogP contribution in [0.2, 0.25) is 0 Å². The maximum Gasteiger partial charge on any atom is 0.737 e. The summed E-state index contributed by atoms with van der Waals surface area (Å²) in [5, 5.41) is 30.0. The lowest BCUT2D eigenvalue weighted by Gasteiger charge is -2.41. The van der Waals surface area contributed by atoms with Crippen molar-refractivity contribution in [3.8, 4) is 40.3 Å². The zero-order valence-electron chi connectivity index (χ0n) is 79.2. The number of aromatic nitrogens is 2. The van der Waals surface area contributed by atoms with E-state index in [1.807, 2.05) is 52.0 Å². The highest BCUT2D eigenvalue weighted by Gasteiger charge is 2.57. The van der Waals surface area contributed by atoms with Crippen molar-refractivity contribution in [2.24, 2.45) is 0 Å². The van der Waals surface area contributed by atoms with E-state index in [0.29, 0.717) is 45.6 Å². The molecule has 123 heavy (non-hydrogen) atoms. The summed E-state index contributed by atoms with van der Waals surface area (Å²) in [4.78, 5) is 0. The van der Waals surface area contributed by atoms with Gasteiger partial charge in [-0.05, 0) is 248 Å². The van der Waals surface area contributed by atoms with Crippen LogP contribution in [0.15, 0.2) is 192 Å². The molecule has 14 rings (SSSR count). The van der Waals surface area contributed by atoms with Gasteiger partial charge < -0.3 is 44.2 Å². The molecule has 10 aromatic rings. The van der Waals surface area contributed by atoms with Gasteiger partial charge in [0.2, 0.25) is 0 Å². The predicted octanol–water partition coefficient (Wildman–Crippen LogP) is 21.5. The van der Waals surface area contributed by atoms with Crippen molar-refractivity contribution in [3.63, 3.8) is 0 Å². The molecule has 8 aromatic carbocycles. The summed E-state index contributed by atoms with van der Waals surface area (Å²) in [5.41, 5.74) is 35.6. The van der Waals surface area contributed by atoms with Gasteiger partial charge in [-0.2, -0.15) is 38.0 Å². The number of aryl methyl sites for hydroxylation is 16. The molecule has 0 saturated carbocycles. The summed E-state index contributed by atoms with van der Waals surface area (Å²) >= 11 is 0. The van der Waals surface area contributed by atoms with E-state index < -0.39 is 26.2 Å². The second-order valence-corrected chi connectivity index (χ2v) is 35.8. The van der Waals surface area contributed by atoms with Crippen LogP contribution in [-0.2, 0) is 0 Å². The standard InChI is InChI=1S/2C44H44B2F2N3.2C8H20N.C2H3N/c2*1-26-19-28(3)41(29(4)20-26)45(25-49,42-30(5)21-27(2)22-31(42)6)39-17-15-37(16-18-39)36-11-13-38(14-12-36)40-43-32(7)23-34(9)50(43)46(47,48)51-35(10)24-33(8)44(40)51;2*1-5-9(6-2,7-3)8-4;1-2-3/h2*11-24H,1-10H3;2*5-8H2,1-4H3;1H3/q2*-1;2*+1;. The first kappa shape index (κ1) is 94.2. The van der Waals surface area contributed by atoms with Crippen molar-refractivity contribution in [2.75, 3.05) is 52.4 Å². The molecular weight excluding hydrogens is 1520 g/mol. The van der Waals surface area contributed by atoms with Gasteiger partial charge in [0.05, 0.1) is 69.6 Å². The molecule has 9 nitrogen and oxygen atoms in total. The Balaban J connectivity index is 0.000000209. The maximum atomic E-state index is 16.2. The van der Waals surface area contributed by atoms with E-state index in [9.17, 15) is 10.5 Å². The summed E-state index contributed by atoms with van der Waals surface area (Å²) in [5.74, 6) is 5.82. The lowest BCUT2D eigenvalue weighted by atomic mass is 9.15. The number of quaternary nitrogens is 2. The van der Waals surface area contributed by atoms with Gasteiger partial charge in [0.25, 0.3) is 0 Å². The summed E-state index contributed by atoms with van der Waals surface area (Å²) in [6, 6.07) is 56.5. The topological polar surface area (TPSA) is 87.2 Å². The molecule has 0 unspecified atom stereocenters. The van der Waals surface area contributed by atoms with Gasteiger partial charge in [0.15, 0.2) is 23.7 Å². The lowest BCUT2D eigenvalue weighted by molar-refractivity contribution is -0.921. The highest BCUT2D eigenvalue weighted by molar-refractivity contribution is 7.18. The highest BCUT2D eigenvalue weighted by atomic mass is 19.3. The van der Waals surface area contributed by atoms with Crippen LogP contribution in [0.3, 0.4) is 0 Å². The van der Waals surface area contributed by atoms with Gasteiger partial charge in [-0.3, -0.25) is 0 Å². The van der Waals surface area contributed by atoms with E-state index in [1.165, 1.54) is 108 Å². The molecule has 0 spiro atoms. The minimum Gasteiger partial charge on any atom is -0.393 e. The van der Waals surface area contributed by atoms with Crippen LogP contribution in [0.4, 0.5) is 17.3 Å². The van der Waals surface area contributed by atoms with E-state index in [0.717, 1.165) is 144 Å². The van der Waals surface area contributed by atoms with Gasteiger partial charge in [0, 0.05) is 55.5 Å². The number of hydrogen-bond donors (Lipinski definition) is 0. The molecule has 0 amide bonds. The molecule has 0 atom stereocenters. The van der Waals surface area contributed by atoms with Crippen molar-refractivity contribution < 1.29 is 35.2 Å². The Labute approximate surface area is 734 Å². The second-order valence-electron chi connectivity index (χ2n) is 35.8. The van der Waals surface area contributed by atoms with Crippen LogP contribution in [0, 0.1) is 145 Å². The number of hydrogen-bond acceptors (Lipinski definition) is 3. The molecule has 2 aromatic heterocycles. The Morgan fingerprint density at radius 2 is 0.520 bits per heavy atom. The van der Waals surface area contributed by atoms with Crippen molar-refractivity contribution in [1.82, 2.24) is 8.96 Å². The molecule has 0 saturated heterocycles. The zero-order valence-corrected chi connectivity index (χ0v) is 79.2. The van der Waals surface area contributed by atoms with Gasteiger partial charge in [-0.15, -0.1) is 11.9 Å². The number of halogens is 4. The minimum atomic E-state index is -4.02. The second kappa shape index (κ2) is 37.2. The Hall–Kier alpha value is -11.0. The molecule has 0 radical (unpaired) electrons. The van der Waals surface area contributed by atoms with Crippen LogP contribution in [0.25, 0.3) is 33.4 Å². The van der Waals surface area contributed by atoms with Crippen molar-refractivity contribution in [1.29, 1.82) is 15.8 Å². The van der Waals surface area contributed by atoms with Gasteiger partial charge in [0.1, 0.15) is 11.4 Å². The molecular formula is C106H131B4F4N9. The smallest absolute Gasteiger partial charge is 0.393 e. The number of fused-ring (bicyclic) bond motifs is 4. The third-order valence-electron chi connectivity index (χ3n) is 28.1. The summed E-state index contributed by atoms with van der Waals surface area (Å²) in [7, 11) is 0. The first-order chi connectivity index (χ1) is 58.1. The summed E-state index contributed by atoms with van der Waals surface area (Å²) < 4.78 is 72.1. The largest absolute Gasteiger partial charge is 0.737 e. The lowest BCUT2D eigenvalue weighted by Crippen LogP contribution is -2.69. The average molecular weight is 1650 g/mol. The van der Waals surface area contributed by atoms with Gasteiger partial charge >= 0.3 is 13.9 Å². The van der Waals surface area contributed by atoms with Crippen LogP contribution >= 0.6 is 0 Å². The van der Waals surface area contributed by atoms with E-state index in [-0.39, 0.29) is 0 Å². The van der Waals surface area contributed by atoms with Gasteiger partial charge in [-0.25, -0.2) is 10.5 Å². The Morgan fingerprint density at radius 1 is 0.317 bits per heavy atom. The molecule has 0 fully saturated rings. The fourth-order valence-corrected chi connectivity index (χ4v) is 22.3. The highest BCUT2D eigenvalue weighted by Crippen LogP contribution is 2.47. The van der Waals surface area contributed by atoms with E-state index in [4.69, 9.17) is 5.26 Å². The third-order valence-corrected chi connectivity index (χ3v) is 28.1. The van der Waals surface area contributed by atoms with Crippen LogP contribution < -0.4 is 32.8 Å². The molecule has 4 aliphatic rings. The zero-order chi connectivity index (χ0) is 90.8. The minimum absolute atomic E-state index is 0.556. The van der Waals surface area contributed by atoms with E-state index in [1.54, 1.807) is 33.8 Å². The summed E-state index contributed by atoms with van der Waals surface area (Å²) in [6.07, 6.45) is -0.203. The van der Waals surface area contributed by atoms with Crippen molar-refractivity contribution >= 4 is 81.6 Å². The van der Waals surface area contributed by atoms with Crippen LogP contribution in [-0.4, -0.2) is 117 Å². The first-order valence-electron chi connectivity index (χ1n) is 44.6. The maximum absolute atomic E-state index is 16.2. The molecule has 6 heterocycles. The predicted molar refractivity (Wildman–Crippen MR) is 519 cm³/mol. The molecule has 0 bridgehead atoms. The van der Waals surface area contributed by atoms with Crippen LogP contribution in [0.1, 0.15) is 202 Å². The van der Waals surface area contributed by atoms with Crippen molar-refractivity contribution in [2.45, 2.75) is 201 Å². The number of nitrogens with zero attached hydrogens (tertiary/aromatic N) is 9. The number of allylic oxidation sites excluding steroid dienone is 4. The first-order valence-corrected chi connectivity index (χ1v) is 44.6. The number of benzene rings is 8. The molecule has 640 valence electrons. The average Bonchev–Trinajstić information content (AvgIpc) is 1.56. The molecule has 0 aliphatic carbocycles. The number of nitriles is 3. The van der Waals surface area contributed by atoms with E-state index in [2.05, 4.69) is 296 Å². The molecule has 4 aliphatic heterocycles. The monoisotopic (exact) mass is 1650 g/mol. The Morgan fingerprint density at radius 3 is 0.715 bits per heavy atom. The fraction of sp³-hybridized carbons (Fsp3) is 0.349. The third kappa shape index (κ3) is 16.9.